The van der Waals surface area contributed by atoms with Crippen molar-refractivity contribution >= 4 is 11.9 Å². The van der Waals surface area contributed by atoms with E-state index >= 15 is 0 Å². The van der Waals surface area contributed by atoms with Gasteiger partial charge in [-0.1, -0.05) is 18.2 Å². The minimum Gasteiger partial charge on any atom is -0.508 e. The third kappa shape index (κ3) is 4.81. The fourth-order valence-electron chi connectivity index (χ4n) is 2.03. The van der Waals surface area contributed by atoms with Crippen LogP contribution in [0.15, 0.2) is 48.7 Å². The number of pyridine rings is 1. The summed E-state index contributed by atoms with van der Waals surface area (Å²) in [5, 5.41) is 12.0. The number of esters is 1. The third-order valence-electron chi connectivity index (χ3n) is 3.15. The average molecular weight is 314 g/mol. The van der Waals surface area contributed by atoms with Crippen LogP contribution in [0, 0.1) is 0 Å². The van der Waals surface area contributed by atoms with Gasteiger partial charge in [-0.2, -0.15) is 0 Å². The van der Waals surface area contributed by atoms with Gasteiger partial charge in [0.05, 0.1) is 6.61 Å². The number of rotatable bonds is 6. The number of amides is 1. The number of benzene rings is 1. The largest absolute Gasteiger partial charge is 0.508 e. The maximum absolute atomic E-state index is 12.2. The molecule has 0 radical (unpaired) electrons. The van der Waals surface area contributed by atoms with Crippen molar-refractivity contribution < 1.29 is 19.4 Å². The van der Waals surface area contributed by atoms with Crippen LogP contribution < -0.4 is 5.32 Å². The molecule has 0 bridgehead atoms. The molecule has 2 aromatic rings. The molecule has 120 valence electrons. The molecule has 0 saturated carbocycles. The zero-order chi connectivity index (χ0) is 16.7. The number of phenolic OH excluding ortho intramolecular Hbond substituents is 1. The van der Waals surface area contributed by atoms with E-state index < -0.39 is 17.9 Å². The molecular formula is C17H18N2O4. The summed E-state index contributed by atoms with van der Waals surface area (Å²) in [6.45, 7) is 1.93. The normalized spacial score (nSPS) is 11.5. The van der Waals surface area contributed by atoms with Crippen molar-refractivity contribution in [1.29, 1.82) is 0 Å². The quantitative estimate of drug-likeness (QED) is 0.792. The molecule has 23 heavy (non-hydrogen) atoms. The number of nitrogens with one attached hydrogen (secondary N) is 1. The van der Waals surface area contributed by atoms with Crippen LogP contribution in [-0.2, 0) is 16.0 Å². The minimum absolute atomic E-state index is 0.138. The lowest BCUT2D eigenvalue weighted by molar-refractivity contribution is -0.145. The summed E-state index contributed by atoms with van der Waals surface area (Å²) in [7, 11) is 0. The van der Waals surface area contributed by atoms with Gasteiger partial charge in [0.15, 0.2) is 0 Å². The molecule has 6 heteroatoms. The zero-order valence-corrected chi connectivity index (χ0v) is 12.7. The number of aromatic hydroxyl groups is 1. The van der Waals surface area contributed by atoms with E-state index in [9.17, 15) is 14.7 Å². The summed E-state index contributed by atoms with van der Waals surface area (Å²) in [6, 6.07) is 10.6. The minimum atomic E-state index is -0.825. The van der Waals surface area contributed by atoms with E-state index in [4.69, 9.17) is 4.74 Å². The van der Waals surface area contributed by atoms with Crippen LogP contribution in [0.1, 0.15) is 23.0 Å². The number of phenols is 1. The highest BCUT2D eigenvalue weighted by molar-refractivity contribution is 5.95. The Bertz CT molecular complexity index is 656. The lowest BCUT2D eigenvalue weighted by Gasteiger charge is -2.17. The smallest absolute Gasteiger partial charge is 0.328 e. The highest BCUT2D eigenvalue weighted by Gasteiger charge is 2.23. The van der Waals surface area contributed by atoms with Gasteiger partial charge in [-0.05, 0) is 36.8 Å². The predicted octanol–water partition coefficient (Wildman–Crippen LogP) is 1.69. The second-order valence-corrected chi connectivity index (χ2v) is 4.86. The number of carbonyl (C=O) groups excluding carboxylic acids is 2. The summed E-state index contributed by atoms with van der Waals surface area (Å²) in [6.07, 6.45) is 1.77. The van der Waals surface area contributed by atoms with Crippen LogP contribution >= 0.6 is 0 Å². The second kappa shape index (κ2) is 7.93. The monoisotopic (exact) mass is 314 g/mol. The Balaban J connectivity index is 2.12. The van der Waals surface area contributed by atoms with Crippen molar-refractivity contribution in [3.63, 3.8) is 0 Å². The molecule has 2 N–H and O–H groups in total. The van der Waals surface area contributed by atoms with E-state index in [1.54, 1.807) is 37.3 Å². The molecule has 2 rings (SSSR count). The predicted molar refractivity (Wildman–Crippen MR) is 83.9 cm³/mol. The SMILES string of the molecule is CCOC(=O)C(Cc1ccc(O)cc1)NC(=O)c1ccccn1. The number of ether oxygens (including phenoxy) is 1. The van der Waals surface area contributed by atoms with Crippen LogP contribution in [0.3, 0.4) is 0 Å². The third-order valence-corrected chi connectivity index (χ3v) is 3.15. The Hall–Kier alpha value is -2.89. The average Bonchev–Trinajstić information content (AvgIpc) is 2.57. The van der Waals surface area contributed by atoms with Crippen molar-refractivity contribution in [2.24, 2.45) is 0 Å². The molecule has 1 heterocycles. The first-order chi connectivity index (χ1) is 11.1. The maximum Gasteiger partial charge on any atom is 0.328 e. The maximum atomic E-state index is 12.2. The van der Waals surface area contributed by atoms with Crippen molar-refractivity contribution in [2.75, 3.05) is 6.61 Å². The zero-order valence-electron chi connectivity index (χ0n) is 12.7. The van der Waals surface area contributed by atoms with E-state index in [0.717, 1.165) is 5.56 Å². The van der Waals surface area contributed by atoms with Gasteiger partial charge in [-0.15, -0.1) is 0 Å². The fourth-order valence-corrected chi connectivity index (χ4v) is 2.03. The Morgan fingerprint density at radius 3 is 2.57 bits per heavy atom. The molecule has 6 nitrogen and oxygen atoms in total. The molecule has 1 amide bonds. The molecule has 1 aromatic heterocycles. The number of nitrogens with zero attached hydrogens (tertiary/aromatic N) is 1. The van der Waals surface area contributed by atoms with E-state index in [1.165, 1.54) is 18.3 Å². The standard InChI is InChI=1S/C17H18N2O4/c1-2-23-17(22)15(11-12-6-8-13(20)9-7-12)19-16(21)14-5-3-4-10-18-14/h3-10,15,20H,2,11H2,1H3,(H,19,21). The molecule has 0 fully saturated rings. The van der Waals surface area contributed by atoms with Gasteiger partial charge in [-0.25, -0.2) is 4.79 Å². The van der Waals surface area contributed by atoms with Crippen LogP contribution in [0.4, 0.5) is 0 Å². The summed E-state index contributed by atoms with van der Waals surface area (Å²) >= 11 is 0. The van der Waals surface area contributed by atoms with Crippen LogP contribution in [-0.4, -0.2) is 34.6 Å². The summed E-state index contributed by atoms with van der Waals surface area (Å²) < 4.78 is 5.01. The van der Waals surface area contributed by atoms with Crippen LogP contribution in [0.5, 0.6) is 5.75 Å². The lowest BCUT2D eigenvalue weighted by atomic mass is 10.1. The molecule has 1 aromatic carbocycles. The van der Waals surface area contributed by atoms with Gasteiger partial charge in [0, 0.05) is 12.6 Å². The number of hydrogen-bond donors (Lipinski definition) is 2. The molecule has 0 aliphatic rings. The van der Waals surface area contributed by atoms with Crippen molar-refractivity contribution in [1.82, 2.24) is 10.3 Å². The molecule has 0 spiro atoms. The molecular weight excluding hydrogens is 296 g/mol. The Labute approximate surface area is 134 Å². The number of hydrogen-bond acceptors (Lipinski definition) is 5. The summed E-state index contributed by atoms with van der Waals surface area (Å²) in [4.78, 5) is 28.2. The van der Waals surface area contributed by atoms with E-state index in [0.29, 0.717) is 0 Å². The Kier molecular flexibility index (Phi) is 5.68. The van der Waals surface area contributed by atoms with Gasteiger partial charge in [0.1, 0.15) is 17.5 Å². The second-order valence-electron chi connectivity index (χ2n) is 4.86. The van der Waals surface area contributed by atoms with Gasteiger partial charge >= 0.3 is 5.97 Å². The molecule has 0 aliphatic heterocycles. The van der Waals surface area contributed by atoms with E-state index in [2.05, 4.69) is 10.3 Å². The first-order valence-electron chi connectivity index (χ1n) is 7.26. The first-order valence-corrected chi connectivity index (χ1v) is 7.26. The van der Waals surface area contributed by atoms with Crippen molar-refractivity contribution in [3.8, 4) is 5.75 Å². The highest BCUT2D eigenvalue weighted by Crippen LogP contribution is 2.12. The van der Waals surface area contributed by atoms with Gasteiger partial charge in [0.25, 0.3) is 5.91 Å². The highest BCUT2D eigenvalue weighted by atomic mass is 16.5. The summed E-state index contributed by atoms with van der Waals surface area (Å²) in [5.74, 6) is -0.814. The van der Waals surface area contributed by atoms with Crippen LogP contribution in [0.2, 0.25) is 0 Å². The van der Waals surface area contributed by atoms with Gasteiger partial charge in [0.2, 0.25) is 0 Å². The van der Waals surface area contributed by atoms with E-state index in [1.807, 2.05) is 0 Å². The number of aromatic nitrogens is 1. The fraction of sp³-hybridized carbons (Fsp3) is 0.235. The van der Waals surface area contributed by atoms with Crippen LogP contribution in [0.25, 0.3) is 0 Å². The summed E-state index contributed by atoms with van der Waals surface area (Å²) in [5.41, 5.74) is 1.02. The molecule has 1 atom stereocenters. The first kappa shape index (κ1) is 16.5. The molecule has 0 saturated heterocycles. The lowest BCUT2D eigenvalue weighted by Crippen LogP contribution is -2.43. The van der Waals surface area contributed by atoms with Gasteiger partial charge < -0.3 is 15.2 Å². The molecule has 0 aliphatic carbocycles. The van der Waals surface area contributed by atoms with Crippen molar-refractivity contribution in [3.05, 3.63) is 59.9 Å². The topological polar surface area (TPSA) is 88.5 Å². The van der Waals surface area contributed by atoms with E-state index in [-0.39, 0.29) is 24.5 Å². The number of carbonyl (C=O) groups is 2. The Morgan fingerprint density at radius 2 is 1.96 bits per heavy atom. The Morgan fingerprint density at radius 1 is 1.22 bits per heavy atom. The molecule has 1 unspecified atom stereocenters. The van der Waals surface area contributed by atoms with Crippen molar-refractivity contribution in [2.45, 2.75) is 19.4 Å². The van der Waals surface area contributed by atoms with Gasteiger partial charge in [-0.3, -0.25) is 9.78 Å².